The lowest BCUT2D eigenvalue weighted by Crippen LogP contribution is -2.08. The Morgan fingerprint density at radius 2 is 2.36 bits per heavy atom. The van der Waals surface area contributed by atoms with Crippen LogP contribution in [0.25, 0.3) is 0 Å². The molecule has 78 valence electrons. The Morgan fingerprint density at radius 3 is 3.07 bits per heavy atom. The number of pyridine rings is 1. The summed E-state index contributed by atoms with van der Waals surface area (Å²) in [5, 5.41) is 3.17. The predicted molar refractivity (Wildman–Crippen MR) is 58.4 cm³/mol. The zero-order valence-electron chi connectivity index (χ0n) is 8.71. The molecular weight excluding hydrogens is 178 g/mol. The SMILES string of the molecule is COCCCNc1nccc(C)c1N. The molecular formula is C10H17N3O. The Labute approximate surface area is 84.5 Å². The molecule has 0 aliphatic carbocycles. The largest absolute Gasteiger partial charge is 0.396 e. The number of hydrogen-bond donors (Lipinski definition) is 2. The number of nitrogen functional groups attached to an aromatic ring is 1. The molecule has 4 heteroatoms. The van der Waals surface area contributed by atoms with E-state index in [9.17, 15) is 0 Å². The van der Waals surface area contributed by atoms with Gasteiger partial charge in [0, 0.05) is 26.5 Å². The molecule has 0 saturated carbocycles. The normalized spacial score (nSPS) is 10.1. The highest BCUT2D eigenvalue weighted by molar-refractivity contribution is 5.64. The van der Waals surface area contributed by atoms with Gasteiger partial charge in [-0.1, -0.05) is 0 Å². The van der Waals surface area contributed by atoms with Gasteiger partial charge in [0.1, 0.15) is 5.82 Å². The van der Waals surface area contributed by atoms with E-state index in [1.165, 1.54) is 0 Å². The van der Waals surface area contributed by atoms with Gasteiger partial charge in [-0.2, -0.15) is 0 Å². The minimum atomic E-state index is 0.727. The molecule has 4 nitrogen and oxygen atoms in total. The van der Waals surface area contributed by atoms with Crippen molar-refractivity contribution < 1.29 is 4.74 Å². The minimum Gasteiger partial charge on any atom is -0.396 e. The minimum absolute atomic E-state index is 0.727. The predicted octanol–water partition coefficient (Wildman–Crippen LogP) is 1.42. The standard InChI is InChI=1S/C10H17N3O/c1-8-4-6-13-10(9(8)11)12-5-3-7-14-2/h4,6H,3,5,7,11H2,1-2H3,(H,12,13). The smallest absolute Gasteiger partial charge is 0.149 e. The van der Waals surface area contributed by atoms with Crippen LogP contribution in [0.4, 0.5) is 11.5 Å². The number of aromatic nitrogens is 1. The Morgan fingerprint density at radius 1 is 1.57 bits per heavy atom. The van der Waals surface area contributed by atoms with Crippen LogP contribution in [0.15, 0.2) is 12.3 Å². The number of rotatable bonds is 5. The van der Waals surface area contributed by atoms with Crippen molar-refractivity contribution in [1.82, 2.24) is 4.98 Å². The number of hydrogen-bond acceptors (Lipinski definition) is 4. The van der Waals surface area contributed by atoms with Crippen LogP contribution in [0.2, 0.25) is 0 Å². The van der Waals surface area contributed by atoms with Crippen molar-refractivity contribution in [2.75, 3.05) is 31.3 Å². The van der Waals surface area contributed by atoms with Crippen LogP contribution in [0.1, 0.15) is 12.0 Å². The number of ether oxygens (including phenoxy) is 1. The molecule has 0 aliphatic heterocycles. The second-order valence-corrected chi connectivity index (χ2v) is 3.16. The van der Waals surface area contributed by atoms with Gasteiger partial charge in [-0.25, -0.2) is 4.98 Å². The van der Waals surface area contributed by atoms with Gasteiger partial charge >= 0.3 is 0 Å². The fraction of sp³-hybridized carbons (Fsp3) is 0.500. The molecule has 0 fully saturated rings. The molecule has 0 atom stereocenters. The summed E-state index contributed by atoms with van der Waals surface area (Å²) in [6.07, 6.45) is 2.70. The highest BCUT2D eigenvalue weighted by Gasteiger charge is 2.01. The molecule has 0 saturated heterocycles. The van der Waals surface area contributed by atoms with Gasteiger partial charge in [-0.3, -0.25) is 0 Å². The van der Waals surface area contributed by atoms with Crippen molar-refractivity contribution in [3.63, 3.8) is 0 Å². The maximum atomic E-state index is 5.84. The molecule has 1 aromatic heterocycles. The summed E-state index contributed by atoms with van der Waals surface area (Å²) in [6.45, 7) is 3.55. The summed E-state index contributed by atoms with van der Waals surface area (Å²) in [7, 11) is 1.69. The first-order chi connectivity index (χ1) is 6.75. The average Bonchev–Trinajstić information content (AvgIpc) is 2.19. The zero-order valence-corrected chi connectivity index (χ0v) is 8.71. The molecule has 0 spiro atoms. The molecule has 0 unspecified atom stereocenters. The monoisotopic (exact) mass is 195 g/mol. The first kappa shape index (κ1) is 10.8. The van der Waals surface area contributed by atoms with Gasteiger partial charge in [0.2, 0.25) is 0 Å². The third-order valence-electron chi connectivity index (χ3n) is 2.03. The van der Waals surface area contributed by atoms with E-state index < -0.39 is 0 Å². The summed E-state index contributed by atoms with van der Waals surface area (Å²) in [6, 6.07) is 1.90. The summed E-state index contributed by atoms with van der Waals surface area (Å²) < 4.78 is 4.94. The second kappa shape index (κ2) is 5.44. The molecule has 3 N–H and O–H groups in total. The molecule has 1 rings (SSSR count). The van der Waals surface area contributed by atoms with E-state index in [2.05, 4.69) is 10.3 Å². The topological polar surface area (TPSA) is 60.2 Å². The van der Waals surface area contributed by atoms with Gasteiger partial charge < -0.3 is 15.8 Å². The van der Waals surface area contributed by atoms with Gasteiger partial charge in [-0.15, -0.1) is 0 Å². The number of aryl methyl sites for hydroxylation is 1. The highest BCUT2D eigenvalue weighted by atomic mass is 16.5. The van der Waals surface area contributed by atoms with E-state index >= 15 is 0 Å². The second-order valence-electron chi connectivity index (χ2n) is 3.16. The molecule has 0 radical (unpaired) electrons. The number of nitrogens with one attached hydrogen (secondary N) is 1. The van der Waals surface area contributed by atoms with E-state index in [4.69, 9.17) is 10.5 Å². The van der Waals surface area contributed by atoms with Crippen molar-refractivity contribution in [3.8, 4) is 0 Å². The van der Waals surface area contributed by atoms with E-state index in [0.717, 1.165) is 36.6 Å². The van der Waals surface area contributed by atoms with E-state index in [1.807, 2.05) is 13.0 Å². The van der Waals surface area contributed by atoms with Crippen LogP contribution in [0, 0.1) is 6.92 Å². The number of methoxy groups -OCH3 is 1. The van der Waals surface area contributed by atoms with Crippen LogP contribution in [-0.4, -0.2) is 25.2 Å². The van der Waals surface area contributed by atoms with Gasteiger partial charge in [0.15, 0.2) is 0 Å². The van der Waals surface area contributed by atoms with Crippen LogP contribution in [0.5, 0.6) is 0 Å². The zero-order chi connectivity index (χ0) is 10.4. The lowest BCUT2D eigenvalue weighted by molar-refractivity contribution is 0.198. The Hall–Kier alpha value is -1.29. The van der Waals surface area contributed by atoms with E-state index in [1.54, 1.807) is 13.3 Å². The molecule has 0 aromatic carbocycles. The Bertz CT molecular complexity index is 289. The first-order valence-electron chi connectivity index (χ1n) is 4.69. The maximum absolute atomic E-state index is 5.84. The fourth-order valence-corrected chi connectivity index (χ4v) is 1.13. The molecule has 14 heavy (non-hydrogen) atoms. The molecule has 1 heterocycles. The third-order valence-corrected chi connectivity index (χ3v) is 2.03. The van der Waals surface area contributed by atoms with Gasteiger partial charge in [-0.05, 0) is 25.0 Å². The van der Waals surface area contributed by atoms with E-state index in [-0.39, 0.29) is 0 Å². The first-order valence-corrected chi connectivity index (χ1v) is 4.69. The lowest BCUT2D eigenvalue weighted by atomic mass is 10.2. The van der Waals surface area contributed by atoms with Gasteiger partial charge in [0.25, 0.3) is 0 Å². The maximum Gasteiger partial charge on any atom is 0.149 e. The molecule has 1 aromatic rings. The number of nitrogens with zero attached hydrogens (tertiary/aromatic N) is 1. The summed E-state index contributed by atoms with van der Waals surface area (Å²) in [5.74, 6) is 0.765. The fourth-order valence-electron chi connectivity index (χ4n) is 1.13. The Balaban J connectivity index is 2.46. The van der Waals surface area contributed by atoms with Crippen LogP contribution >= 0.6 is 0 Å². The summed E-state index contributed by atoms with van der Waals surface area (Å²) in [4.78, 5) is 4.16. The van der Waals surface area contributed by atoms with Crippen molar-refractivity contribution in [2.45, 2.75) is 13.3 Å². The van der Waals surface area contributed by atoms with Crippen LogP contribution in [-0.2, 0) is 4.74 Å². The highest BCUT2D eigenvalue weighted by Crippen LogP contribution is 2.18. The van der Waals surface area contributed by atoms with Crippen molar-refractivity contribution in [2.24, 2.45) is 0 Å². The van der Waals surface area contributed by atoms with Crippen molar-refractivity contribution in [1.29, 1.82) is 0 Å². The van der Waals surface area contributed by atoms with Crippen LogP contribution in [0.3, 0.4) is 0 Å². The molecule has 0 aliphatic rings. The number of nitrogens with two attached hydrogens (primary N) is 1. The average molecular weight is 195 g/mol. The third kappa shape index (κ3) is 2.88. The molecule has 0 bridgehead atoms. The summed E-state index contributed by atoms with van der Waals surface area (Å²) >= 11 is 0. The van der Waals surface area contributed by atoms with Crippen molar-refractivity contribution in [3.05, 3.63) is 17.8 Å². The Kier molecular flexibility index (Phi) is 4.19. The van der Waals surface area contributed by atoms with Crippen molar-refractivity contribution >= 4 is 11.5 Å². The van der Waals surface area contributed by atoms with E-state index in [0.29, 0.717) is 0 Å². The molecule has 0 amide bonds. The quantitative estimate of drug-likeness (QED) is 0.698. The lowest BCUT2D eigenvalue weighted by Gasteiger charge is -2.09. The number of anilines is 2. The van der Waals surface area contributed by atoms with Crippen LogP contribution < -0.4 is 11.1 Å². The van der Waals surface area contributed by atoms with Gasteiger partial charge in [0.05, 0.1) is 5.69 Å². The summed E-state index contributed by atoms with van der Waals surface area (Å²) in [5.41, 5.74) is 7.62.